The van der Waals surface area contributed by atoms with Crippen LogP contribution in [0.4, 0.5) is 10.5 Å². The molecule has 1 amide bonds. The minimum absolute atomic E-state index is 0.0281. The number of methoxy groups -OCH3 is 1. The topological polar surface area (TPSA) is 87.7 Å². The normalized spacial score (nSPS) is 21.4. The number of anilines is 1. The molecule has 1 aromatic rings. The van der Waals surface area contributed by atoms with E-state index < -0.39 is 16.1 Å². The fourth-order valence-corrected chi connectivity index (χ4v) is 4.78. The number of carbonyl (C=O) groups excluding carboxylic acids is 1. The van der Waals surface area contributed by atoms with Crippen molar-refractivity contribution in [1.82, 2.24) is 9.62 Å². The number of rotatable bonds is 5. The highest BCUT2D eigenvalue weighted by molar-refractivity contribution is 7.89. The van der Waals surface area contributed by atoms with Crippen LogP contribution in [-0.4, -0.2) is 51.1 Å². The van der Waals surface area contributed by atoms with Crippen molar-refractivity contribution in [2.24, 2.45) is 0 Å². The minimum Gasteiger partial charge on any atom is -0.453 e. The summed E-state index contributed by atoms with van der Waals surface area (Å²) in [5.41, 5.74) is 0.497. The van der Waals surface area contributed by atoms with Crippen molar-refractivity contribution in [2.45, 2.75) is 36.2 Å². The third kappa shape index (κ3) is 3.49. The molecule has 1 saturated heterocycles. The van der Waals surface area contributed by atoms with E-state index >= 15 is 0 Å². The molecule has 0 unspecified atom stereocenters. The Bertz CT molecular complexity index is 664. The van der Waals surface area contributed by atoms with E-state index in [0.717, 1.165) is 25.8 Å². The number of sulfonamides is 1. The van der Waals surface area contributed by atoms with Gasteiger partial charge in [0.25, 0.3) is 0 Å². The first-order valence-corrected chi connectivity index (χ1v) is 9.15. The van der Waals surface area contributed by atoms with Gasteiger partial charge in [-0.25, -0.2) is 13.2 Å². The summed E-state index contributed by atoms with van der Waals surface area (Å²) in [4.78, 5) is 11.4. The molecule has 0 bridgehead atoms. The summed E-state index contributed by atoms with van der Waals surface area (Å²) in [6.45, 7) is 1.56. The van der Waals surface area contributed by atoms with Crippen LogP contribution in [0.2, 0.25) is 0 Å². The number of nitrogens with zero attached hydrogens (tertiary/aromatic N) is 1. The van der Waals surface area contributed by atoms with Crippen molar-refractivity contribution in [2.75, 3.05) is 25.5 Å². The second-order valence-corrected chi connectivity index (χ2v) is 7.70. The number of hydrogen-bond acceptors (Lipinski definition) is 5. The van der Waals surface area contributed by atoms with Crippen molar-refractivity contribution >= 4 is 21.8 Å². The quantitative estimate of drug-likeness (QED) is 0.846. The first-order chi connectivity index (χ1) is 11.0. The Labute approximate surface area is 136 Å². The van der Waals surface area contributed by atoms with Gasteiger partial charge in [0.15, 0.2) is 0 Å². The Morgan fingerprint density at radius 2 is 1.91 bits per heavy atom. The van der Waals surface area contributed by atoms with Crippen molar-refractivity contribution in [3.05, 3.63) is 24.3 Å². The second kappa shape index (κ2) is 6.46. The van der Waals surface area contributed by atoms with Gasteiger partial charge in [-0.3, -0.25) is 5.32 Å². The number of amides is 1. The van der Waals surface area contributed by atoms with E-state index in [9.17, 15) is 13.2 Å². The molecule has 126 valence electrons. The van der Waals surface area contributed by atoms with Gasteiger partial charge in [0.05, 0.1) is 12.0 Å². The zero-order chi connectivity index (χ0) is 16.4. The smallest absolute Gasteiger partial charge is 0.411 e. The minimum atomic E-state index is -3.52. The molecule has 7 nitrogen and oxygen atoms in total. The number of benzene rings is 1. The number of hydrogen-bond donors (Lipinski definition) is 2. The summed E-state index contributed by atoms with van der Waals surface area (Å²) in [5, 5.41) is 5.74. The monoisotopic (exact) mass is 339 g/mol. The zero-order valence-corrected chi connectivity index (χ0v) is 13.8. The summed E-state index contributed by atoms with van der Waals surface area (Å²) in [6.07, 6.45) is 2.12. The molecule has 0 radical (unpaired) electrons. The van der Waals surface area contributed by atoms with E-state index in [-0.39, 0.29) is 17.0 Å². The van der Waals surface area contributed by atoms with Gasteiger partial charge in [-0.2, -0.15) is 4.31 Å². The van der Waals surface area contributed by atoms with Crippen molar-refractivity contribution < 1.29 is 17.9 Å². The average molecular weight is 339 g/mol. The predicted molar refractivity (Wildman–Crippen MR) is 85.8 cm³/mol. The molecule has 2 fully saturated rings. The third-order valence-electron chi connectivity index (χ3n) is 4.16. The van der Waals surface area contributed by atoms with Crippen LogP contribution in [0.15, 0.2) is 29.2 Å². The van der Waals surface area contributed by atoms with Crippen LogP contribution < -0.4 is 10.6 Å². The number of carbonyl (C=O) groups is 1. The molecule has 2 N–H and O–H groups in total. The largest absolute Gasteiger partial charge is 0.453 e. The van der Waals surface area contributed by atoms with Gasteiger partial charge < -0.3 is 10.1 Å². The molecular weight excluding hydrogens is 318 g/mol. The highest BCUT2D eigenvalue weighted by Crippen LogP contribution is 2.35. The molecule has 1 atom stereocenters. The van der Waals surface area contributed by atoms with Gasteiger partial charge in [0.2, 0.25) is 10.0 Å². The SMILES string of the molecule is COC(=O)Nc1ccc(S(=O)(=O)N(C2CC2)[C@H]2CCNC2)cc1. The van der Waals surface area contributed by atoms with Crippen molar-refractivity contribution in [1.29, 1.82) is 0 Å². The molecule has 3 rings (SSSR count). The van der Waals surface area contributed by atoms with Crippen LogP contribution in [0.25, 0.3) is 0 Å². The number of nitrogens with one attached hydrogen (secondary N) is 2. The summed E-state index contributed by atoms with van der Waals surface area (Å²) in [7, 11) is -2.25. The van der Waals surface area contributed by atoms with E-state index in [2.05, 4.69) is 15.4 Å². The van der Waals surface area contributed by atoms with E-state index in [0.29, 0.717) is 12.2 Å². The Morgan fingerprint density at radius 1 is 1.22 bits per heavy atom. The summed E-state index contributed by atoms with van der Waals surface area (Å²) in [6, 6.07) is 6.35. The fraction of sp³-hybridized carbons (Fsp3) is 0.533. The van der Waals surface area contributed by atoms with E-state index in [4.69, 9.17) is 0 Å². The van der Waals surface area contributed by atoms with Gasteiger partial charge in [0, 0.05) is 24.3 Å². The highest BCUT2D eigenvalue weighted by Gasteiger charge is 2.43. The first-order valence-electron chi connectivity index (χ1n) is 7.71. The van der Waals surface area contributed by atoms with Crippen LogP contribution >= 0.6 is 0 Å². The van der Waals surface area contributed by atoms with Gasteiger partial charge in [-0.15, -0.1) is 0 Å². The Balaban J connectivity index is 1.81. The molecule has 1 aliphatic carbocycles. The summed E-state index contributed by atoms with van der Waals surface area (Å²) in [5.74, 6) is 0. The predicted octanol–water partition coefficient (Wildman–Crippen LogP) is 1.38. The van der Waals surface area contributed by atoms with Crippen molar-refractivity contribution in [3.8, 4) is 0 Å². The van der Waals surface area contributed by atoms with E-state index in [1.165, 1.54) is 19.2 Å². The molecule has 8 heteroatoms. The van der Waals surface area contributed by atoms with Gasteiger partial charge >= 0.3 is 6.09 Å². The molecule has 1 aromatic carbocycles. The lowest BCUT2D eigenvalue weighted by molar-refractivity contribution is 0.187. The average Bonchev–Trinajstić information content (AvgIpc) is 3.21. The maximum atomic E-state index is 13.0. The molecule has 1 heterocycles. The van der Waals surface area contributed by atoms with Crippen LogP contribution in [0.3, 0.4) is 0 Å². The molecule has 23 heavy (non-hydrogen) atoms. The maximum Gasteiger partial charge on any atom is 0.411 e. The third-order valence-corrected chi connectivity index (χ3v) is 6.18. The van der Waals surface area contributed by atoms with Gasteiger partial charge in [-0.1, -0.05) is 0 Å². The second-order valence-electron chi connectivity index (χ2n) is 5.85. The van der Waals surface area contributed by atoms with Crippen LogP contribution in [0, 0.1) is 0 Å². The maximum absolute atomic E-state index is 13.0. The summed E-state index contributed by atoms with van der Waals surface area (Å²) >= 11 is 0. The van der Waals surface area contributed by atoms with Gasteiger partial charge in [-0.05, 0) is 50.1 Å². The molecule has 0 spiro atoms. The van der Waals surface area contributed by atoms with E-state index in [1.807, 2.05) is 0 Å². The molecular formula is C15H21N3O4S. The highest BCUT2D eigenvalue weighted by atomic mass is 32.2. The Kier molecular flexibility index (Phi) is 4.56. The Hall–Kier alpha value is -1.64. The van der Waals surface area contributed by atoms with Crippen LogP contribution in [0.5, 0.6) is 0 Å². The zero-order valence-electron chi connectivity index (χ0n) is 13.0. The fourth-order valence-electron chi connectivity index (χ4n) is 2.88. The van der Waals surface area contributed by atoms with Crippen molar-refractivity contribution in [3.63, 3.8) is 0 Å². The van der Waals surface area contributed by atoms with E-state index in [1.54, 1.807) is 16.4 Å². The summed E-state index contributed by atoms with van der Waals surface area (Å²) < 4.78 is 32.1. The van der Waals surface area contributed by atoms with Crippen LogP contribution in [0.1, 0.15) is 19.3 Å². The van der Waals surface area contributed by atoms with Gasteiger partial charge in [0.1, 0.15) is 0 Å². The molecule has 1 saturated carbocycles. The Morgan fingerprint density at radius 3 is 2.43 bits per heavy atom. The lowest BCUT2D eigenvalue weighted by Gasteiger charge is -2.27. The molecule has 0 aromatic heterocycles. The lowest BCUT2D eigenvalue weighted by atomic mass is 10.2. The standard InChI is InChI=1S/C15H21N3O4S/c1-22-15(19)17-11-2-6-14(7-3-11)23(20,21)18(12-4-5-12)13-8-9-16-10-13/h2-3,6-7,12-13,16H,4-5,8-10H2,1H3,(H,17,19)/t13-/m0/s1. The molecule has 2 aliphatic rings. The molecule has 1 aliphatic heterocycles. The lowest BCUT2D eigenvalue weighted by Crippen LogP contribution is -2.43. The van der Waals surface area contributed by atoms with Crippen LogP contribution in [-0.2, 0) is 14.8 Å². The first kappa shape index (κ1) is 16.2. The number of ether oxygens (including phenoxy) is 1.